The summed E-state index contributed by atoms with van der Waals surface area (Å²) in [5, 5.41) is 1.34. The third-order valence-electron chi connectivity index (χ3n) is 4.98. The van der Waals surface area contributed by atoms with Crippen LogP contribution in [0.3, 0.4) is 0 Å². The second kappa shape index (κ2) is 8.41. The van der Waals surface area contributed by atoms with Gasteiger partial charge in [0, 0.05) is 11.8 Å². The van der Waals surface area contributed by atoms with Crippen molar-refractivity contribution in [3.8, 4) is 0 Å². The Morgan fingerprint density at radius 1 is 0.773 bits per heavy atom. The van der Waals surface area contributed by atoms with Crippen molar-refractivity contribution in [2.75, 3.05) is 0 Å². The quantitative estimate of drug-likeness (QED) is 0.452. The van der Waals surface area contributed by atoms with E-state index in [9.17, 15) is 0 Å². The lowest BCUT2D eigenvalue weighted by molar-refractivity contribution is 0.515. The number of unbranched alkanes of at least 4 members (excludes halogenated alkanes) is 7. The van der Waals surface area contributed by atoms with Gasteiger partial charge in [-0.25, -0.2) is 0 Å². The topological polar surface area (TPSA) is 13.1 Å². The van der Waals surface area contributed by atoms with E-state index in [0.717, 1.165) is 12.0 Å². The molecule has 1 aromatic heterocycles. The lowest BCUT2D eigenvalue weighted by Crippen LogP contribution is -1.87. The fourth-order valence-corrected chi connectivity index (χ4v) is 3.35. The third-order valence-corrected chi connectivity index (χ3v) is 4.98. The zero-order chi connectivity index (χ0) is 15.9. The van der Waals surface area contributed by atoms with Gasteiger partial charge < -0.3 is 4.42 Å². The van der Waals surface area contributed by atoms with Crippen LogP contribution in [0.4, 0.5) is 0 Å². The van der Waals surface area contributed by atoms with Gasteiger partial charge >= 0.3 is 0 Å². The lowest BCUT2D eigenvalue weighted by atomic mass is 10.0. The fourth-order valence-electron chi connectivity index (χ4n) is 3.35. The smallest absolute Gasteiger partial charge is 0.134 e. The van der Waals surface area contributed by atoms with Gasteiger partial charge in [-0.05, 0) is 49.9 Å². The molecule has 2 aromatic rings. The molecule has 0 atom stereocenters. The normalized spacial score (nSPS) is 11.5. The number of furan rings is 1. The van der Waals surface area contributed by atoms with Crippen molar-refractivity contribution in [3.63, 3.8) is 0 Å². The average Bonchev–Trinajstić information content (AvgIpc) is 2.83. The molecule has 22 heavy (non-hydrogen) atoms. The first kappa shape index (κ1) is 17.1. The monoisotopic (exact) mass is 300 g/mol. The molecule has 1 heteroatoms. The molecule has 0 fully saturated rings. The molecule has 0 saturated heterocycles. The summed E-state index contributed by atoms with van der Waals surface area (Å²) in [6, 6.07) is 4.29. The second-order valence-electron chi connectivity index (χ2n) is 6.76. The SMILES string of the molecule is CCCCCCCCCCc1oc2ccc(C)c(C)c2c1C. The Balaban J connectivity index is 1.83. The average molecular weight is 300 g/mol. The molecule has 0 aliphatic rings. The highest BCUT2D eigenvalue weighted by Crippen LogP contribution is 2.30. The summed E-state index contributed by atoms with van der Waals surface area (Å²) in [4.78, 5) is 0. The Kier molecular flexibility index (Phi) is 6.54. The van der Waals surface area contributed by atoms with E-state index in [1.54, 1.807) is 0 Å². The maximum atomic E-state index is 6.09. The minimum Gasteiger partial charge on any atom is -0.461 e. The minimum atomic E-state index is 1.06. The van der Waals surface area contributed by atoms with Crippen LogP contribution >= 0.6 is 0 Å². The Labute approximate surface area is 136 Å². The molecule has 0 amide bonds. The Hall–Kier alpha value is -1.24. The van der Waals surface area contributed by atoms with E-state index in [1.165, 1.54) is 79.2 Å². The molecule has 1 aromatic carbocycles. The van der Waals surface area contributed by atoms with Crippen LogP contribution in [-0.2, 0) is 6.42 Å². The summed E-state index contributed by atoms with van der Waals surface area (Å²) in [5.41, 5.74) is 5.16. The van der Waals surface area contributed by atoms with Gasteiger partial charge in [0.1, 0.15) is 11.3 Å². The summed E-state index contributed by atoms with van der Waals surface area (Å²) in [5.74, 6) is 1.20. The Morgan fingerprint density at radius 3 is 2.09 bits per heavy atom. The maximum Gasteiger partial charge on any atom is 0.134 e. The van der Waals surface area contributed by atoms with E-state index in [1.807, 2.05) is 0 Å². The predicted molar refractivity (Wildman–Crippen MR) is 96.7 cm³/mol. The van der Waals surface area contributed by atoms with Gasteiger partial charge in [-0.2, -0.15) is 0 Å². The number of hydrogen-bond acceptors (Lipinski definition) is 1. The fraction of sp³-hybridized carbons (Fsp3) is 0.619. The number of hydrogen-bond donors (Lipinski definition) is 0. The molecule has 122 valence electrons. The molecule has 1 heterocycles. The molecule has 0 aliphatic carbocycles. The summed E-state index contributed by atoms with van der Waals surface area (Å²) >= 11 is 0. The van der Waals surface area contributed by atoms with Gasteiger partial charge in [0.05, 0.1) is 0 Å². The second-order valence-corrected chi connectivity index (χ2v) is 6.76. The minimum absolute atomic E-state index is 1.06. The number of fused-ring (bicyclic) bond motifs is 1. The van der Waals surface area contributed by atoms with Gasteiger partial charge in [-0.3, -0.25) is 0 Å². The summed E-state index contributed by atoms with van der Waals surface area (Å²) in [6.45, 7) is 8.89. The first-order valence-electron chi connectivity index (χ1n) is 9.13. The van der Waals surface area contributed by atoms with Crippen LogP contribution in [0.2, 0.25) is 0 Å². The Morgan fingerprint density at radius 2 is 1.41 bits per heavy atom. The zero-order valence-corrected chi connectivity index (χ0v) is 14.9. The molecule has 0 unspecified atom stereocenters. The van der Waals surface area contributed by atoms with E-state index in [4.69, 9.17) is 4.42 Å². The van der Waals surface area contributed by atoms with E-state index in [2.05, 4.69) is 39.8 Å². The summed E-state index contributed by atoms with van der Waals surface area (Å²) in [7, 11) is 0. The van der Waals surface area contributed by atoms with Crippen LogP contribution in [0.1, 0.15) is 80.7 Å². The van der Waals surface area contributed by atoms with E-state index < -0.39 is 0 Å². The van der Waals surface area contributed by atoms with Gasteiger partial charge in [0.25, 0.3) is 0 Å². The van der Waals surface area contributed by atoms with Crippen LogP contribution < -0.4 is 0 Å². The van der Waals surface area contributed by atoms with E-state index >= 15 is 0 Å². The molecule has 0 spiro atoms. The predicted octanol–water partition coefficient (Wildman–Crippen LogP) is 7.04. The largest absolute Gasteiger partial charge is 0.461 e. The van der Waals surface area contributed by atoms with E-state index in [0.29, 0.717) is 0 Å². The number of rotatable bonds is 9. The van der Waals surface area contributed by atoms with Crippen LogP contribution in [-0.4, -0.2) is 0 Å². The van der Waals surface area contributed by atoms with Gasteiger partial charge in [-0.1, -0.05) is 57.9 Å². The van der Waals surface area contributed by atoms with Crippen molar-refractivity contribution in [1.82, 2.24) is 0 Å². The summed E-state index contributed by atoms with van der Waals surface area (Å²) in [6.07, 6.45) is 12.0. The molecule has 0 aliphatic heterocycles. The third kappa shape index (κ3) is 4.15. The van der Waals surface area contributed by atoms with Crippen LogP contribution in [0.15, 0.2) is 16.5 Å². The molecule has 2 rings (SSSR count). The maximum absolute atomic E-state index is 6.09. The number of benzene rings is 1. The van der Waals surface area contributed by atoms with Crippen molar-refractivity contribution >= 4 is 11.0 Å². The molecule has 0 saturated carbocycles. The highest BCUT2D eigenvalue weighted by Gasteiger charge is 2.13. The van der Waals surface area contributed by atoms with Gasteiger partial charge in [0.2, 0.25) is 0 Å². The van der Waals surface area contributed by atoms with Crippen molar-refractivity contribution in [1.29, 1.82) is 0 Å². The van der Waals surface area contributed by atoms with Crippen molar-refractivity contribution in [2.24, 2.45) is 0 Å². The molecule has 0 N–H and O–H groups in total. The standard InChI is InChI=1S/C21H32O/c1-5-6-7-8-9-10-11-12-13-19-18(4)21-17(3)16(2)14-15-20(21)22-19/h14-15H,5-13H2,1-4H3. The van der Waals surface area contributed by atoms with E-state index in [-0.39, 0.29) is 0 Å². The van der Waals surface area contributed by atoms with Crippen molar-refractivity contribution < 1.29 is 4.42 Å². The molecule has 0 radical (unpaired) electrons. The zero-order valence-electron chi connectivity index (χ0n) is 14.9. The van der Waals surface area contributed by atoms with Crippen molar-refractivity contribution in [2.45, 2.75) is 85.5 Å². The van der Waals surface area contributed by atoms with Gasteiger partial charge in [0.15, 0.2) is 0 Å². The van der Waals surface area contributed by atoms with Crippen LogP contribution in [0, 0.1) is 20.8 Å². The lowest BCUT2D eigenvalue weighted by Gasteiger charge is -2.02. The van der Waals surface area contributed by atoms with Crippen LogP contribution in [0.25, 0.3) is 11.0 Å². The molecule has 0 bridgehead atoms. The highest BCUT2D eigenvalue weighted by atomic mass is 16.3. The highest BCUT2D eigenvalue weighted by molar-refractivity contribution is 5.86. The van der Waals surface area contributed by atoms with Crippen LogP contribution in [0.5, 0.6) is 0 Å². The Bertz CT molecular complexity index is 591. The summed E-state index contributed by atoms with van der Waals surface area (Å²) < 4.78 is 6.09. The molecule has 1 nitrogen and oxygen atoms in total. The molecular formula is C21H32O. The number of aryl methyl sites for hydroxylation is 4. The van der Waals surface area contributed by atoms with Gasteiger partial charge in [-0.15, -0.1) is 0 Å². The first-order chi connectivity index (χ1) is 10.6. The van der Waals surface area contributed by atoms with Crippen molar-refractivity contribution in [3.05, 3.63) is 34.6 Å². The molecular weight excluding hydrogens is 268 g/mol. The first-order valence-corrected chi connectivity index (χ1v) is 9.13.